The highest BCUT2D eigenvalue weighted by Crippen LogP contribution is 2.37. The number of hydrogen-bond donors (Lipinski definition) is 0. The van der Waals surface area contributed by atoms with E-state index in [2.05, 4.69) is 4.99 Å². The molecule has 166 valence electrons. The van der Waals surface area contributed by atoms with E-state index >= 15 is 0 Å². The molecule has 0 N–H and O–H groups in total. The Morgan fingerprint density at radius 3 is 2.21 bits per heavy atom. The summed E-state index contributed by atoms with van der Waals surface area (Å²) in [6.07, 6.45) is 0. The molecule has 0 fully saturated rings. The number of carbonyl (C=O) groups excluding carboxylic acids is 2. The van der Waals surface area contributed by atoms with Crippen LogP contribution < -0.4 is 14.3 Å². The molecule has 0 atom stereocenters. The number of amides is 1. The number of benzene rings is 3. The van der Waals surface area contributed by atoms with E-state index in [0.717, 1.165) is 21.3 Å². The highest BCUT2D eigenvalue weighted by Gasteiger charge is 2.24. The zero-order valence-corrected chi connectivity index (χ0v) is 18.6. The van der Waals surface area contributed by atoms with Gasteiger partial charge in [-0.3, -0.25) is 9.59 Å². The van der Waals surface area contributed by atoms with Crippen molar-refractivity contribution in [3.05, 3.63) is 88.7 Å². The Balaban J connectivity index is 1.65. The summed E-state index contributed by atoms with van der Waals surface area (Å²) in [6.45, 7) is 0.0682. The lowest BCUT2D eigenvalue weighted by Crippen LogP contribution is -2.24. The van der Waals surface area contributed by atoms with E-state index in [-0.39, 0.29) is 19.2 Å². The molecule has 2 heterocycles. The van der Waals surface area contributed by atoms with Crippen LogP contribution in [0.25, 0.3) is 10.2 Å². The predicted octanol–water partition coefficient (Wildman–Crippen LogP) is 3.86. The molecule has 8 heteroatoms. The minimum absolute atomic E-state index is 0.0798. The van der Waals surface area contributed by atoms with Gasteiger partial charge in [-0.15, -0.1) is 0 Å². The van der Waals surface area contributed by atoms with Gasteiger partial charge in [0, 0.05) is 12.1 Å². The zero-order valence-electron chi connectivity index (χ0n) is 17.8. The van der Waals surface area contributed by atoms with Crippen LogP contribution in [0.4, 0.5) is 0 Å². The van der Waals surface area contributed by atoms with Crippen LogP contribution in [0.3, 0.4) is 0 Å². The topological polar surface area (TPSA) is 79.1 Å². The zero-order chi connectivity index (χ0) is 22.8. The Bertz CT molecular complexity index is 1350. The molecule has 4 aromatic rings. The number of methoxy groups -OCH3 is 1. The monoisotopic (exact) mass is 460 g/mol. The summed E-state index contributed by atoms with van der Waals surface area (Å²) < 4.78 is 18.3. The normalized spacial score (nSPS) is 13.0. The average Bonchev–Trinajstić information content (AvgIpc) is 3.43. The van der Waals surface area contributed by atoms with Crippen LogP contribution >= 0.6 is 11.3 Å². The highest BCUT2D eigenvalue weighted by atomic mass is 32.1. The van der Waals surface area contributed by atoms with Crippen LogP contribution in [0.15, 0.2) is 77.8 Å². The standard InChI is InChI=1S/C25H20N2O5S/c1-30-22(28)14-27-18-12-19-20(32-15-31-19)13-21(18)33-25(27)26-24(29)23(16-8-4-2-5-9-16)17-10-6-3-7-11-17/h2-13,23H,14-15H2,1H3. The van der Waals surface area contributed by atoms with Crippen molar-refractivity contribution in [1.82, 2.24) is 4.57 Å². The molecule has 0 saturated carbocycles. The smallest absolute Gasteiger partial charge is 0.325 e. The van der Waals surface area contributed by atoms with E-state index in [1.165, 1.54) is 18.4 Å². The predicted molar refractivity (Wildman–Crippen MR) is 123 cm³/mol. The lowest BCUT2D eigenvalue weighted by molar-refractivity contribution is -0.141. The Hall–Kier alpha value is -3.91. The largest absolute Gasteiger partial charge is 0.468 e. The van der Waals surface area contributed by atoms with Gasteiger partial charge in [0.1, 0.15) is 6.54 Å². The van der Waals surface area contributed by atoms with Crippen molar-refractivity contribution in [3.8, 4) is 11.5 Å². The molecule has 1 aliphatic rings. The van der Waals surface area contributed by atoms with Crippen LogP contribution in [0.1, 0.15) is 17.0 Å². The first-order valence-corrected chi connectivity index (χ1v) is 11.1. The summed E-state index contributed by atoms with van der Waals surface area (Å²) in [4.78, 5) is 30.6. The van der Waals surface area contributed by atoms with Crippen molar-refractivity contribution in [2.75, 3.05) is 13.9 Å². The second-order valence-electron chi connectivity index (χ2n) is 7.42. The minimum Gasteiger partial charge on any atom is -0.468 e. The van der Waals surface area contributed by atoms with Gasteiger partial charge in [-0.2, -0.15) is 4.99 Å². The minimum atomic E-state index is -0.569. The number of rotatable bonds is 5. The maximum absolute atomic E-state index is 13.6. The summed E-state index contributed by atoms with van der Waals surface area (Å²) in [5.41, 5.74) is 2.41. The Labute approximate surface area is 193 Å². The van der Waals surface area contributed by atoms with Gasteiger partial charge in [0.15, 0.2) is 16.3 Å². The van der Waals surface area contributed by atoms with Gasteiger partial charge in [-0.1, -0.05) is 72.0 Å². The fraction of sp³-hybridized carbons (Fsp3) is 0.160. The first kappa shape index (κ1) is 21.0. The molecule has 1 aliphatic heterocycles. The van der Waals surface area contributed by atoms with E-state index < -0.39 is 11.9 Å². The molecule has 7 nitrogen and oxygen atoms in total. The van der Waals surface area contributed by atoms with Crippen molar-refractivity contribution < 1.29 is 23.8 Å². The second kappa shape index (κ2) is 8.91. The van der Waals surface area contributed by atoms with Gasteiger partial charge in [-0.05, 0) is 11.1 Å². The highest BCUT2D eigenvalue weighted by molar-refractivity contribution is 7.16. The fourth-order valence-electron chi connectivity index (χ4n) is 3.82. The van der Waals surface area contributed by atoms with Crippen molar-refractivity contribution in [3.63, 3.8) is 0 Å². The third kappa shape index (κ3) is 4.12. The molecule has 0 spiro atoms. The van der Waals surface area contributed by atoms with Crippen LogP contribution in [-0.2, 0) is 20.9 Å². The molecular weight excluding hydrogens is 440 g/mol. The SMILES string of the molecule is COC(=O)Cn1c(=NC(=O)C(c2ccccc2)c2ccccc2)sc2cc3c(cc21)OCO3. The van der Waals surface area contributed by atoms with Gasteiger partial charge in [-0.25, -0.2) is 0 Å². The van der Waals surface area contributed by atoms with E-state index in [9.17, 15) is 9.59 Å². The summed E-state index contributed by atoms with van der Waals surface area (Å²) in [7, 11) is 1.33. The quantitative estimate of drug-likeness (QED) is 0.423. The molecule has 33 heavy (non-hydrogen) atoms. The van der Waals surface area contributed by atoms with Crippen molar-refractivity contribution in [2.24, 2.45) is 4.99 Å². The molecule has 0 bridgehead atoms. The van der Waals surface area contributed by atoms with Crippen molar-refractivity contribution in [1.29, 1.82) is 0 Å². The van der Waals surface area contributed by atoms with E-state index in [0.29, 0.717) is 16.3 Å². The van der Waals surface area contributed by atoms with Gasteiger partial charge >= 0.3 is 5.97 Å². The number of carbonyl (C=O) groups is 2. The fourth-order valence-corrected chi connectivity index (χ4v) is 4.86. The summed E-state index contributed by atoms with van der Waals surface area (Å²) in [5.74, 6) is -0.121. The number of ether oxygens (including phenoxy) is 3. The number of esters is 1. The second-order valence-corrected chi connectivity index (χ2v) is 8.43. The molecule has 0 saturated heterocycles. The molecule has 0 aliphatic carbocycles. The third-order valence-electron chi connectivity index (χ3n) is 5.41. The summed E-state index contributed by atoms with van der Waals surface area (Å²) >= 11 is 1.31. The van der Waals surface area contributed by atoms with Gasteiger partial charge < -0.3 is 18.8 Å². The van der Waals surface area contributed by atoms with Crippen LogP contribution in [0.5, 0.6) is 11.5 Å². The maximum Gasteiger partial charge on any atom is 0.325 e. The Morgan fingerprint density at radius 2 is 1.61 bits per heavy atom. The third-order valence-corrected chi connectivity index (χ3v) is 6.45. The average molecular weight is 461 g/mol. The van der Waals surface area contributed by atoms with Gasteiger partial charge in [0.2, 0.25) is 6.79 Å². The first-order valence-electron chi connectivity index (χ1n) is 10.3. The van der Waals surface area contributed by atoms with E-state index in [1.807, 2.05) is 66.7 Å². The Morgan fingerprint density at radius 1 is 1.00 bits per heavy atom. The molecule has 5 rings (SSSR count). The van der Waals surface area contributed by atoms with E-state index in [4.69, 9.17) is 14.2 Å². The van der Waals surface area contributed by atoms with Gasteiger partial charge in [0.25, 0.3) is 5.91 Å². The summed E-state index contributed by atoms with van der Waals surface area (Å²) in [6, 6.07) is 22.7. The van der Waals surface area contributed by atoms with Gasteiger partial charge in [0.05, 0.1) is 23.2 Å². The number of hydrogen-bond acceptors (Lipinski definition) is 6. The van der Waals surface area contributed by atoms with Crippen LogP contribution in [0, 0.1) is 0 Å². The molecular formula is C25H20N2O5S. The first-order chi connectivity index (χ1) is 16.1. The number of thiazole rings is 1. The molecule has 1 aromatic heterocycles. The molecule has 1 amide bonds. The molecule has 0 radical (unpaired) electrons. The van der Waals surface area contributed by atoms with Crippen molar-refractivity contribution in [2.45, 2.75) is 12.5 Å². The maximum atomic E-state index is 13.6. The number of nitrogens with zero attached hydrogens (tertiary/aromatic N) is 2. The number of aromatic nitrogens is 1. The summed E-state index contributed by atoms with van der Waals surface area (Å²) in [5, 5.41) is 0. The van der Waals surface area contributed by atoms with E-state index in [1.54, 1.807) is 10.6 Å². The lowest BCUT2D eigenvalue weighted by Gasteiger charge is -2.14. The van der Waals surface area contributed by atoms with Crippen LogP contribution in [0.2, 0.25) is 0 Å². The van der Waals surface area contributed by atoms with Crippen molar-refractivity contribution >= 4 is 33.4 Å². The molecule has 3 aromatic carbocycles. The van der Waals surface area contributed by atoms with Crippen LogP contribution in [-0.4, -0.2) is 30.3 Å². The lowest BCUT2D eigenvalue weighted by atomic mass is 9.91. The molecule has 0 unspecified atom stereocenters. The number of fused-ring (bicyclic) bond motifs is 2. The Kier molecular flexibility index (Phi) is 5.66.